The molecule has 1 heterocycles. The van der Waals surface area contributed by atoms with Crippen LogP contribution in [-0.2, 0) is 11.2 Å². The molecule has 0 fully saturated rings. The van der Waals surface area contributed by atoms with Crippen LogP contribution in [0, 0.1) is 0 Å². The summed E-state index contributed by atoms with van der Waals surface area (Å²) in [7, 11) is 0. The summed E-state index contributed by atoms with van der Waals surface area (Å²) < 4.78 is 10.9. The van der Waals surface area contributed by atoms with Gasteiger partial charge < -0.3 is 9.15 Å². The Balaban J connectivity index is 1.80. The zero-order chi connectivity index (χ0) is 15.9. The van der Waals surface area contributed by atoms with Crippen molar-refractivity contribution in [3.8, 4) is 5.75 Å². The van der Waals surface area contributed by atoms with Gasteiger partial charge in [0.05, 0.1) is 0 Å². The summed E-state index contributed by atoms with van der Waals surface area (Å²) in [6.07, 6.45) is 0.807. The summed E-state index contributed by atoms with van der Waals surface area (Å²) >= 11 is 3.09. The van der Waals surface area contributed by atoms with Crippen molar-refractivity contribution in [2.75, 3.05) is 6.61 Å². The van der Waals surface area contributed by atoms with Crippen molar-refractivity contribution in [2.24, 2.45) is 0 Å². The molecule has 0 atom stereocenters. The van der Waals surface area contributed by atoms with Crippen LogP contribution in [0.25, 0.3) is 0 Å². The number of furan rings is 1. The number of hydrogen-bond acceptors (Lipinski definition) is 4. The highest BCUT2D eigenvalue weighted by Gasteiger charge is 2.12. The molecule has 0 aliphatic rings. The van der Waals surface area contributed by atoms with E-state index >= 15 is 0 Å². The first-order chi connectivity index (χ1) is 10.6. The zero-order valence-electron chi connectivity index (χ0n) is 11.9. The second-order valence-electron chi connectivity index (χ2n) is 4.36. The predicted octanol–water partition coefficient (Wildman–Crippen LogP) is 2.44. The summed E-state index contributed by atoms with van der Waals surface area (Å²) in [6.45, 7) is 1.81. The molecule has 1 aromatic heterocycles. The van der Waals surface area contributed by atoms with E-state index in [1.165, 1.54) is 6.07 Å². The summed E-state index contributed by atoms with van der Waals surface area (Å²) in [5.41, 5.74) is 5.52. The molecule has 0 bridgehead atoms. The monoisotopic (exact) mass is 366 g/mol. The Morgan fingerprint density at radius 3 is 2.64 bits per heavy atom. The molecule has 0 saturated heterocycles. The maximum atomic E-state index is 11.7. The molecule has 2 N–H and O–H groups in total. The van der Waals surface area contributed by atoms with E-state index in [1.54, 1.807) is 12.1 Å². The van der Waals surface area contributed by atoms with E-state index in [0.29, 0.717) is 10.4 Å². The number of benzene rings is 1. The van der Waals surface area contributed by atoms with Crippen LogP contribution in [0.2, 0.25) is 0 Å². The first kappa shape index (κ1) is 16.1. The molecule has 2 rings (SSSR count). The van der Waals surface area contributed by atoms with Gasteiger partial charge in [0.25, 0.3) is 5.91 Å². The Labute approximate surface area is 135 Å². The molecule has 6 nitrogen and oxygen atoms in total. The lowest BCUT2D eigenvalue weighted by molar-refractivity contribution is -0.123. The van der Waals surface area contributed by atoms with Gasteiger partial charge in [-0.25, -0.2) is 0 Å². The lowest BCUT2D eigenvalue weighted by atomic mass is 10.1. The van der Waals surface area contributed by atoms with Crippen LogP contribution < -0.4 is 15.6 Å². The molecule has 0 aliphatic heterocycles. The molecule has 0 radical (unpaired) electrons. The number of carbonyl (C=O) groups is 2. The quantitative estimate of drug-likeness (QED) is 0.796. The van der Waals surface area contributed by atoms with Gasteiger partial charge >= 0.3 is 5.91 Å². The molecule has 0 spiro atoms. The Kier molecular flexibility index (Phi) is 5.60. The predicted molar refractivity (Wildman–Crippen MR) is 83.3 cm³/mol. The van der Waals surface area contributed by atoms with E-state index in [-0.39, 0.29) is 12.4 Å². The van der Waals surface area contributed by atoms with Gasteiger partial charge in [-0.05, 0) is 46.1 Å². The number of carbonyl (C=O) groups excluding carboxylic acids is 2. The molecule has 116 valence electrons. The Hall–Kier alpha value is -2.28. The lowest BCUT2D eigenvalue weighted by Gasteiger charge is -2.10. The first-order valence-electron chi connectivity index (χ1n) is 6.65. The zero-order valence-corrected chi connectivity index (χ0v) is 13.5. The molecule has 22 heavy (non-hydrogen) atoms. The molecule has 0 unspecified atom stereocenters. The van der Waals surface area contributed by atoms with E-state index in [2.05, 4.69) is 26.8 Å². The van der Waals surface area contributed by atoms with Gasteiger partial charge in [-0.1, -0.05) is 25.1 Å². The second-order valence-corrected chi connectivity index (χ2v) is 5.14. The summed E-state index contributed by atoms with van der Waals surface area (Å²) in [6, 6.07) is 10.5. The maximum absolute atomic E-state index is 11.7. The van der Waals surface area contributed by atoms with Crippen LogP contribution in [0.1, 0.15) is 23.0 Å². The van der Waals surface area contributed by atoms with Gasteiger partial charge in [0.15, 0.2) is 17.0 Å². The highest BCUT2D eigenvalue weighted by molar-refractivity contribution is 9.10. The average Bonchev–Trinajstić information content (AvgIpc) is 2.97. The van der Waals surface area contributed by atoms with Crippen molar-refractivity contribution in [2.45, 2.75) is 13.3 Å². The maximum Gasteiger partial charge on any atom is 0.305 e. The van der Waals surface area contributed by atoms with Crippen molar-refractivity contribution in [1.82, 2.24) is 10.9 Å². The van der Waals surface area contributed by atoms with Crippen LogP contribution >= 0.6 is 15.9 Å². The fourth-order valence-electron chi connectivity index (χ4n) is 1.74. The van der Waals surface area contributed by atoms with Crippen molar-refractivity contribution in [1.29, 1.82) is 0 Å². The fourth-order valence-corrected chi connectivity index (χ4v) is 2.05. The fraction of sp³-hybridized carbons (Fsp3) is 0.200. The highest BCUT2D eigenvalue weighted by Crippen LogP contribution is 2.18. The number of halogens is 1. The van der Waals surface area contributed by atoms with Gasteiger partial charge in [-0.15, -0.1) is 0 Å². The van der Waals surface area contributed by atoms with Crippen molar-refractivity contribution < 1.29 is 18.7 Å². The van der Waals surface area contributed by atoms with Crippen LogP contribution in [0.15, 0.2) is 45.5 Å². The summed E-state index contributed by atoms with van der Waals surface area (Å²) in [5.74, 6) is -0.274. The van der Waals surface area contributed by atoms with Gasteiger partial charge in [0.2, 0.25) is 0 Å². The van der Waals surface area contributed by atoms with E-state index in [4.69, 9.17) is 9.15 Å². The van der Waals surface area contributed by atoms with E-state index in [9.17, 15) is 9.59 Å². The van der Waals surface area contributed by atoms with Gasteiger partial charge in [-0.2, -0.15) is 0 Å². The molecule has 2 aromatic rings. The van der Waals surface area contributed by atoms with Crippen molar-refractivity contribution in [3.63, 3.8) is 0 Å². The van der Waals surface area contributed by atoms with Crippen molar-refractivity contribution in [3.05, 3.63) is 52.4 Å². The molecular weight excluding hydrogens is 352 g/mol. The molecule has 1 aromatic carbocycles. The van der Waals surface area contributed by atoms with E-state index < -0.39 is 11.8 Å². The molecule has 0 saturated carbocycles. The lowest BCUT2D eigenvalue weighted by Crippen LogP contribution is -2.43. The topological polar surface area (TPSA) is 80.6 Å². The normalized spacial score (nSPS) is 10.1. The molecule has 7 heteroatoms. The summed E-state index contributed by atoms with van der Waals surface area (Å²) in [5, 5.41) is 0. The Morgan fingerprint density at radius 2 is 1.95 bits per heavy atom. The minimum absolute atomic E-state index is 0.0874. The first-order valence-corrected chi connectivity index (χ1v) is 7.44. The molecule has 2 amide bonds. The van der Waals surface area contributed by atoms with Gasteiger partial charge in [0.1, 0.15) is 5.75 Å². The molecular formula is C15H15BrN2O4. The molecule has 0 aliphatic carbocycles. The van der Waals surface area contributed by atoms with Crippen LogP contribution in [0.5, 0.6) is 5.75 Å². The third-order valence-corrected chi connectivity index (χ3v) is 3.25. The standard InChI is InChI=1S/C15H15BrN2O4/c1-2-10-5-3-4-6-11(10)21-9-14(19)17-18-15(20)12-7-8-13(16)22-12/h3-8H,2,9H2,1H3,(H,17,19)(H,18,20). The second kappa shape index (κ2) is 7.65. The third-order valence-electron chi connectivity index (χ3n) is 2.82. The summed E-state index contributed by atoms with van der Waals surface area (Å²) in [4.78, 5) is 23.3. The number of amides is 2. The van der Waals surface area contributed by atoms with Gasteiger partial charge in [0, 0.05) is 0 Å². The van der Waals surface area contributed by atoms with Crippen LogP contribution in [0.3, 0.4) is 0 Å². The van der Waals surface area contributed by atoms with E-state index in [1.807, 2.05) is 25.1 Å². The third kappa shape index (κ3) is 4.36. The highest BCUT2D eigenvalue weighted by atomic mass is 79.9. The minimum atomic E-state index is -0.548. The number of ether oxygens (including phenoxy) is 1. The van der Waals surface area contributed by atoms with Gasteiger partial charge in [-0.3, -0.25) is 20.4 Å². The number of hydrazine groups is 1. The average molecular weight is 367 g/mol. The number of nitrogens with one attached hydrogen (secondary N) is 2. The number of para-hydroxylation sites is 1. The van der Waals surface area contributed by atoms with Crippen molar-refractivity contribution >= 4 is 27.7 Å². The Morgan fingerprint density at radius 1 is 1.18 bits per heavy atom. The number of rotatable bonds is 5. The van der Waals surface area contributed by atoms with Crippen LogP contribution in [0.4, 0.5) is 0 Å². The number of hydrogen-bond donors (Lipinski definition) is 2. The Bertz CT molecular complexity index is 669. The minimum Gasteiger partial charge on any atom is -0.483 e. The largest absolute Gasteiger partial charge is 0.483 e. The van der Waals surface area contributed by atoms with Crippen LogP contribution in [-0.4, -0.2) is 18.4 Å². The number of aryl methyl sites for hydroxylation is 1. The smallest absolute Gasteiger partial charge is 0.305 e. The van der Waals surface area contributed by atoms with E-state index in [0.717, 1.165) is 12.0 Å². The SMILES string of the molecule is CCc1ccccc1OCC(=O)NNC(=O)c1ccc(Br)o1.